The molecule has 0 aliphatic carbocycles. The molecule has 1 rings (SSSR count). The zero-order valence-electron chi connectivity index (χ0n) is 11.6. The Morgan fingerprint density at radius 1 is 1.23 bits per heavy atom. The van der Waals surface area contributed by atoms with Gasteiger partial charge in [0, 0.05) is 11.6 Å². The van der Waals surface area contributed by atoms with E-state index < -0.39 is 33.1 Å². The molecule has 0 spiro atoms. The van der Waals surface area contributed by atoms with Crippen LogP contribution in [0.5, 0.6) is 0 Å². The molecule has 1 amide bonds. The predicted octanol–water partition coefficient (Wildman–Crippen LogP) is 0.725. The third kappa shape index (κ3) is 4.81. The summed E-state index contributed by atoms with van der Waals surface area (Å²) in [7, 11) is 0. The van der Waals surface area contributed by atoms with Crippen LogP contribution in [0, 0.1) is 20.2 Å². The largest absolute Gasteiger partial charge is 0.465 e. The molecule has 0 aliphatic heterocycles. The first-order valence-electron chi connectivity index (χ1n) is 6.19. The summed E-state index contributed by atoms with van der Waals surface area (Å²) in [6.45, 7) is 1.43. The number of carbonyl (C=O) groups excluding carboxylic acids is 2. The van der Waals surface area contributed by atoms with Crippen LogP contribution < -0.4 is 5.32 Å². The van der Waals surface area contributed by atoms with Crippen LogP contribution >= 0.6 is 0 Å². The van der Waals surface area contributed by atoms with Crippen molar-refractivity contribution in [1.82, 2.24) is 5.32 Å². The fourth-order valence-corrected chi connectivity index (χ4v) is 1.60. The van der Waals surface area contributed by atoms with Gasteiger partial charge in [-0.15, -0.1) is 0 Å². The molecule has 0 saturated carbocycles. The molecule has 10 nitrogen and oxygen atoms in total. The Morgan fingerprint density at radius 3 is 2.45 bits per heavy atom. The summed E-state index contributed by atoms with van der Waals surface area (Å²) in [5, 5.41) is 23.8. The van der Waals surface area contributed by atoms with Gasteiger partial charge in [-0.3, -0.25) is 29.8 Å². The molecule has 22 heavy (non-hydrogen) atoms. The van der Waals surface area contributed by atoms with Crippen molar-refractivity contribution in [3.8, 4) is 0 Å². The molecule has 118 valence electrons. The van der Waals surface area contributed by atoms with Gasteiger partial charge in [-0.25, -0.2) is 0 Å². The minimum atomic E-state index is -0.805. The van der Waals surface area contributed by atoms with Gasteiger partial charge >= 0.3 is 5.97 Å². The van der Waals surface area contributed by atoms with Crippen LogP contribution in [0.25, 0.3) is 0 Å². The fourth-order valence-electron chi connectivity index (χ4n) is 1.60. The summed E-state index contributed by atoms with van der Waals surface area (Å²) in [6.07, 6.45) is -0.381. The molecule has 0 radical (unpaired) electrons. The highest BCUT2D eigenvalue weighted by Gasteiger charge is 2.21. The number of rotatable bonds is 7. The molecule has 0 atom stereocenters. The molecule has 0 bridgehead atoms. The molecule has 1 aromatic carbocycles. The average molecular weight is 311 g/mol. The van der Waals surface area contributed by atoms with Gasteiger partial charge in [0.2, 0.25) is 5.91 Å². The van der Waals surface area contributed by atoms with Crippen molar-refractivity contribution in [1.29, 1.82) is 0 Å². The number of hydrogen-bond donors (Lipinski definition) is 1. The third-order valence-electron chi connectivity index (χ3n) is 2.56. The van der Waals surface area contributed by atoms with Crippen molar-refractivity contribution in [2.75, 3.05) is 13.2 Å². The van der Waals surface area contributed by atoms with Crippen LogP contribution in [-0.2, 0) is 20.7 Å². The van der Waals surface area contributed by atoms with Crippen LogP contribution in [0.15, 0.2) is 18.2 Å². The molecule has 0 fully saturated rings. The number of benzene rings is 1. The molecule has 0 saturated heterocycles. The van der Waals surface area contributed by atoms with E-state index >= 15 is 0 Å². The van der Waals surface area contributed by atoms with Crippen LogP contribution in [0.3, 0.4) is 0 Å². The number of amides is 1. The zero-order valence-corrected chi connectivity index (χ0v) is 11.6. The van der Waals surface area contributed by atoms with E-state index in [-0.39, 0.29) is 25.1 Å². The molecule has 1 N–H and O–H groups in total. The molecular formula is C12H13N3O7. The lowest BCUT2D eigenvalue weighted by Crippen LogP contribution is -2.31. The van der Waals surface area contributed by atoms with Gasteiger partial charge < -0.3 is 10.1 Å². The smallest absolute Gasteiger partial charge is 0.325 e. The Labute approximate surface area is 124 Å². The van der Waals surface area contributed by atoms with Gasteiger partial charge in [0.25, 0.3) is 11.4 Å². The number of hydrogen-bond acceptors (Lipinski definition) is 7. The Kier molecular flexibility index (Phi) is 5.93. The van der Waals surface area contributed by atoms with Gasteiger partial charge in [-0.05, 0) is 13.0 Å². The van der Waals surface area contributed by atoms with E-state index in [9.17, 15) is 29.8 Å². The van der Waals surface area contributed by atoms with Gasteiger partial charge in [-0.1, -0.05) is 0 Å². The van der Waals surface area contributed by atoms with E-state index in [2.05, 4.69) is 10.1 Å². The number of non-ortho nitro benzene ring substituents is 1. The Hall–Kier alpha value is -3.04. The number of ether oxygens (including phenoxy) is 1. The lowest BCUT2D eigenvalue weighted by Gasteiger charge is -2.05. The summed E-state index contributed by atoms with van der Waals surface area (Å²) >= 11 is 0. The highest BCUT2D eigenvalue weighted by atomic mass is 16.6. The predicted molar refractivity (Wildman–Crippen MR) is 73.1 cm³/mol. The van der Waals surface area contributed by atoms with Crippen LogP contribution in [0.2, 0.25) is 0 Å². The highest BCUT2D eigenvalue weighted by molar-refractivity contribution is 5.84. The first-order valence-corrected chi connectivity index (χ1v) is 6.19. The maximum atomic E-state index is 11.6. The Morgan fingerprint density at radius 2 is 1.91 bits per heavy atom. The van der Waals surface area contributed by atoms with Crippen LogP contribution in [0.1, 0.15) is 12.5 Å². The monoisotopic (exact) mass is 311 g/mol. The Bertz CT molecular complexity index is 615. The summed E-state index contributed by atoms with van der Waals surface area (Å²) in [4.78, 5) is 42.7. The fraction of sp³-hybridized carbons (Fsp3) is 0.333. The van der Waals surface area contributed by atoms with Crippen molar-refractivity contribution >= 4 is 23.3 Å². The minimum Gasteiger partial charge on any atom is -0.465 e. The topological polar surface area (TPSA) is 142 Å². The van der Waals surface area contributed by atoms with Crippen LogP contribution in [0.4, 0.5) is 11.4 Å². The highest BCUT2D eigenvalue weighted by Crippen LogP contribution is 2.24. The van der Waals surface area contributed by atoms with E-state index in [4.69, 9.17) is 0 Å². The molecule has 0 heterocycles. The molecule has 10 heteroatoms. The van der Waals surface area contributed by atoms with Crippen molar-refractivity contribution < 1.29 is 24.2 Å². The molecular weight excluding hydrogens is 298 g/mol. The number of carbonyl (C=O) groups is 2. The van der Waals surface area contributed by atoms with Crippen molar-refractivity contribution in [3.05, 3.63) is 44.0 Å². The number of nitrogens with one attached hydrogen (secondary N) is 1. The average Bonchev–Trinajstić information content (AvgIpc) is 2.45. The van der Waals surface area contributed by atoms with Crippen molar-refractivity contribution in [3.63, 3.8) is 0 Å². The zero-order chi connectivity index (χ0) is 16.7. The number of nitrogens with zero attached hydrogens (tertiary/aromatic N) is 2. The molecule has 0 aromatic heterocycles. The standard InChI is InChI=1S/C12H13N3O7/c1-2-22-12(17)7-13-11(16)5-8-3-4-9(14(18)19)6-10(8)15(20)21/h3-4,6H,2,5,7H2,1H3,(H,13,16). The molecule has 0 aliphatic rings. The number of esters is 1. The second-order valence-corrected chi connectivity index (χ2v) is 4.09. The second kappa shape index (κ2) is 7.67. The van der Waals surface area contributed by atoms with Gasteiger partial charge in [-0.2, -0.15) is 0 Å². The lowest BCUT2D eigenvalue weighted by molar-refractivity contribution is -0.394. The number of nitro benzene ring substituents is 2. The van der Waals surface area contributed by atoms with Gasteiger partial charge in [0.05, 0.1) is 28.9 Å². The van der Waals surface area contributed by atoms with E-state index in [1.165, 1.54) is 0 Å². The normalized spacial score (nSPS) is 9.86. The van der Waals surface area contributed by atoms with Crippen molar-refractivity contribution in [2.24, 2.45) is 0 Å². The second-order valence-electron chi connectivity index (χ2n) is 4.09. The molecule has 1 aromatic rings. The maximum Gasteiger partial charge on any atom is 0.325 e. The third-order valence-corrected chi connectivity index (χ3v) is 2.56. The first kappa shape index (κ1) is 17.0. The SMILES string of the molecule is CCOC(=O)CNC(=O)Cc1ccc([N+](=O)[O-])cc1[N+](=O)[O-]. The summed E-state index contributed by atoms with van der Waals surface area (Å²) < 4.78 is 4.61. The molecule has 0 unspecified atom stereocenters. The van der Waals surface area contributed by atoms with E-state index in [1.54, 1.807) is 6.92 Å². The van der Waals surface area contributed by atoms with Gasteiger partial charge in [0.15, 0.2) is 0 Å². The van der Waals surface area contributed by atoms with E-state index in [0.717, 1.165) is 18.2 Å². The van der Waals surface area contributed by atoms with Gasteiger partial charge in [0.1, 0.15) is 6.54 Å². The summed E-state index contributed by atoms with van der Waals surface area (Å²) in [5.41, 5.74) is -0.958. The van der Waals surface area contributed by atoms with Crippen molar-refractivity contribution in [2.45, 2.75) is 13.3 Å². The first-order chi connectivity index (χ1) is 10.3. The van der Waals surface area contributed by atoms with E-state index in [1.807, 2.05) is 0 Å². The number of nitro groups is 2. The quantitative estimate of drug-likeness (QED) is 0.444. The maximum absolute atomic E-state index is 11.6. The summed E-state index contributed by atoms with van der Waals surface area (Å²) in [6, 6.07) is 3.00. The minimum absolute atomic E-state index is 0.0111. The van der Waals surface area contributed by atoms with E-state index in [0.29, 0.717) is 0 Å². The van der Waals surface area contributed by atoms with Crippen LogP contribution in [-0.4, -0.2) is 34.9 Å². The summed E-state index contributed by atoms with van der Waals surface area (Å²) in [5.74, 6) is -1.26. The lowest BCUT2D eigenvalue weighted by atomic mass is 10.1. The Balaban J connectivity index is 2.80.